The third kappa shape index (κ3) is 2.45. The molecule has 0 unspecified atom stereocenters. The largest absolute Gasteiger partial charge is 0.493 e. The average Bonchev–Trinajstić information content (AvgIpc) is 2.39. The summed E-state index contributed by atoms with van der Waals surface area (Å²) in [5, 5.41) is 10.6. The molecule has 0 bridgehead atoms. The predicted molar refractivity (Wildman–Crippen MR) is 78.0 cm³/mol. The van der Waals surface area contributed by atoms with Gasteiger partial charge in [-0.25, -0.2) is 0 Å². The molecule has 19 heavy (non-hydrogen) atoms. The summed E-state index contributed by atoms with van der Waals surface area (Å²) >= 11 is 13.3. The zero-order valence-corrected chi connectivity index (χ0v) is 12.5. The standard InChI is InChI=1S/C12H10Cl2N2O2S/c1-6-10(17)15-12(19-2)16(11(6)18)8-5-3-4-7(13)9(8)14/h3-5,17H,1-2H3. The Kier molecular flexibility index (Phi) is 4.08. The average molecular weight is 317 g/mol. The van der Waals surface area contributed by atoms with Gasteiger partial charge in [0.25, 0.3) is 5.56 Å². The van der Waals surface area contributed by atoms with Gasteiger partial charge in [-0.3, -0.25) is 9.36 Å². The summed E-state index contributed by atoms with van der Waals surface area (Å²) in [7, 11) is 0. The monoisotopic (exact) mass is 316 g/mol. The second-order valence-corrected chi connectivity index (χ2v) is 5.32. The van der Waals surface area contributed by atoms with Gasteiger partial charge in [0, 0.05) is 0 Å². The van der Waals surface area contributed by atoms with E-state index in [1.807, 2.05) is 0 Å². The van der Waals surface area contributed by atoms with E-state index in [0.717, 1.165) is 0 Å². The number of halogens is 2. The van der Waals surface area contributed by atoms with Crippen LogP contribution in [0.2, 0.25) is 10.0 Å². The predicted octanol–water partition coefficient (Wildman–Crippen LogP) is 3.28. The van der Waals surface area contributed by atoms with E-state index < -0.39 is 0 Å². The number of rotatable bonds is 2. The van der Waals surface area contributed by atoms with Crippen molar-refractivity contribution in [2.24, 2.45) is 0 Å². The molecule has 2 rings (SSSR count). The summed E-state index contributed by atoms with van der Waals surface area (Å²) in [6.45, 7) is 1.50. The minimum atomic E-state index is -0.374. The Morgan fingerprint density at radius 3 is 2.68 bits per heavy atom. The zero-order valence-electron chi connectivity index (χ0n) is 10.1. The molecule has 0 saturated carbocycles. The zero-order chi connectivity index (χ0) is 14.2. The van der Waals surface area contributed by atoms with Gasteiger partial charge in [0.15, 0.2) is 5.16 Å². The van der Waals surface area contributed by atoms with Crippen LogP contribution in [0.5, 0.6) is 5.88 Å². The lowest BCUT2D eigenvalue weighted by molar-refractivity contribution is 0.435. The molecule has 1 aromatic carbocycles. The molecule has 0 amide bonds. The van der Waals surface area contributed by atoms with E-state index in [-0.39, 0.29) is 22.0 Å². The van der Waals surface area contributed by atoms with Crippen molar-refractivity contribution in [1.82, 2.24) is 9.55 Å². The minimum Gasteiger partial charge on any atom is -0.493 e. The fourth-order valence-corrected chi connectivity index (χ4v) is 2.51. The molecule has 0 fully saturated rings. The molecule has 7 heteroatoms. The highest BCUT2D eigenvalue weighted by Gasteiger charge is 2.16. The molecule has 0 atom stereocenters. The number of aromatic hydroxyl groups is 1. The van der Waals surface area contributed by atoms with Crippen LogP contribution in [0.15, 0.2) is 28.2 Å². The molecule has 0 saturated heterocycles. The van der Waals surface area contributed by atoms with Crippen molar-refractivity contribution in [3.8, 4) is 11.6 Å². The van der Waals surface area contributed by atoms with E-state index in [1.54, 1.807) is 24.5 Å². The quantitative estimate of drug-likeness (QED) is 0.682. The molecule has 1 N–H and O–H groups in total. The van der Waals surface area contributed by atoms with Crippen molar-refractivity contribution in [3.63, 3.8) is 0 Å². The Morgan fingerprint density at radius 1 is 1.37 bits per heavy atom. The fraction of sp³-hybridized carbons (Fsp3) is 0.167. The first-order chi connectivity index (χ1) is 8.97. The van der Waals surface area contributed by atoms with Crippen LogP contribution >= 0.6 is 35.0 Å². The lowest BCUT2D eigenvalue weighted by Crippen LogP contribution is -2.23. The van der Waals surface area contributed by atoms with Gasteiger partial charge in [-0.15, -0.1) is 0 Å². The molecule has 2 aromatic rings. The van der Waals surface area contributed by atoms with E-state index >= 15 is 0 Å². The molecular weight excluding hydrogens is 307 g/mol. The molecule has 1 aromatic heterocycles. The number of nitrogens with zero attached hydrogens (tertiary/aromatic N) is 2. The van der Waals surface area contributed by atoms with Crippen LogP contribution in [0, 0.1) is 6.92 Å². The lowest BCUT2D eigenvalue weighted by Gasteiger charge is -2.13. The fourth-order valence-electron chi connectivity index (χ4n) is 1.59. The van der Waals surface area contributed by atoms with Gasteiger partial charge < -0.3 is 5.11 Å². The van der Waals surface area contributed by atoms with Crippen molar-refractivity contribution in [2.45, 2.75) is 12.1 Å². The summed E-state index contributed by atoms with van der Waals surface area (Å²) in [5.41, 5.74) is 0.231. The Hall–Kier alpha value is -1.17. The van der Waals surface area contributed by atoms with Crippen LogP contribution in [-0.4, -0.2) is 20.9 Å². The van der Waals surface area contributed by atoms with Gasteiger partial charge >= 0.3 is 0 Å². The van der Waals surface area contributed by atoms with Gasteiger partial charge in [0.05, 0.1) is 21.3 Å². The van der Waals surface area contributed by atoms with Crippen LogP contribution in [0.3, 0.4) is 0 Å². The van der Waals surface area contributed by atoms with Crippen LogP contribution in [0.25, 0.3) is 5.69 Å². The van der Waals surface area contributed by atoms with Gasteiger partial charge in [-0.05, 0) is 25.3 Å². The van der Waals surface area contributed by atoms with Gasteiger partial charge in [0.1, 0.15) is 0 Å². The van der Waals surface area contributed by atoms with Crippen molar-refractivity contribution >= 4 is 35.0 Å². The second-order valence-electron chi connectivity index (χ2n) is 3.76. The van der Waals surface area contributed by atoms with E-state index in [2.05, 4.69) is 4.98 Å². The van der Waals surface area contributed by atoms with E-state index in [1.165, 1.54) is 23.3 Å². The molecule has 0 radical (unpaired) electrons. The molecule has 0 spiro atoms. The van der Waals surface area contributed by atoms with Crippen LogP contribution in [-0.2, 0) is 0 Å². The smallest absolute Gasteiger partial charge is 0.265 e. The third-order valence-electron chi connectivity index (χ3n) is 2.61. The van der Waals surface area contributed by atoms with E-state index in [4.69, 9.17) is 23.2 Å². The summed E-state index contributed by atoms with van der Waals surface area (Å²) in [6, 6.07) is 5.01. The maximum absolute atomic E-state index is 12.3. The van der Waals surface area contributed by atoms with Crippen LogP contribution in [0.4, 0.5) is 0 Å². The second kappa shape index (κ2) is 5.45. The highest BCUT2D eigenvalue weighted by Crippen LogP contribution is 2.30. The number of aromatic nitrogens is 2. The topological polar surface area (TPSA) is 55.1 Å². The Labute approximate surface area is 124 Å². The molecule has 100 valence electrons. The lowest BCUT2D eigenvalue weighted by atomic mass is 10.3. The Balaban J connectivity index is 2.86. The number of hydrogen-bond donors (Lipinski definition) is 1. The first-order valence-electron chi connectivity index (χ1n) is 5.28. The highest BCUT2D eigenvalue weighted by molar-refractivity contribution is 7.98. The van der Waals surface area contributed by atoms with Gasteiger partial charge in [-0.2, -0.15) is 4.98 Å². The summed E-state index contributed by atoms with van der Waals surface area (Å²) < 4.78 is 1.34. The SMILES string of the molecule is CSc1nc(O)c(C)c(=O)n1-c1cccc(Cl)c1Cl. The van der Waals surface area contributed by atoms with Gasteiger partial charge in [0.2, 0.25) is 5.88 Å². The molecule has 4 nitrogen and oxygen atoms in total. The first kappa shape index (κ1) is 14.2. The summed E-state index contributed by atoms with van der Waals surface area (Å²) in [6.07, 6.45) is 1.76. The maximum atomic E-state index is 12.3. The highest BCUT2D eigenvalue weighted by atomic mass is 35.5. The molecular formula is C12H10Cl2N2O2S. The van der Waals surface area contributed by atoms with Crippen molar-refractivity contribution < 1.29 is 5.11 Å². The number of thioether (sulfide) groups is 1. The molecule has 0 aliphatic heterocycles. The summed E-state index contributed by atoms with van der Waals surface area (Å²) in [4.78, 5) is 16.3. The van der Waals surface area contributed by atoms with E-state index in [0.29, 0.717) is 15.9 Å². The van der Waals surface area contributed by atoms with Gasteiger partial charge in [-0.1, -0.05) is 41.0 Å². The van der Waals surface area contributed by atoms with Crippen molar-refractivity contribution in [2.75, 3.05) is 6.26 Å². The number of benzene rings is 1. The summed E-state index contributed by atoms with van der Waals surface area (Å²) in [5.74, 6) is -0.274. The molecule has 0 aliphatic carbocycles. The third-order valence-corrected chi connectivity index (χ3v) is 4.05. The molecule has 1 heterocycles. The van der Waals surface area contributed by atoms with E-state index in [9.17, 15) is 9.90 Å². The minimum absolute atomic E-state index is 0.161. The van der Waals surface area contributed by atoms with Crippen LogP contribution < -0.4 is 5.56 Å². The number of hydrogen-bond acceptors (Lipinski definition) is 4. The molecule has 0 aliphatic rings. The Bertz CT molecular complexity index is 701. The van der Waals surface area contributed by atoms with Crippen molar-refractivity contribution in [1.29, 1.82) is 0 Å². The maximum Gasteiger partial charge on any atom is 0.265 e. The van der Waals surface area contributed by atoms with Crippen molar-refractivity contribution in [3.05, 3.63) is 44.2 Å². The van der Waals surface area contributed by atoms with Crippen LogP contribution in [0.1, 0.15) is 5.56 Å². The Morgan fingerprint density at radius 2 is 2.05 bits per heavy atom. The normalized spacial score (nSPS) is 10.7. The first-order valence-corrected chi connectivity index (χ1v) is 7.26.